The SMILES string of the molecule is CCN(CC(N)=O)C(=O)N1CCC(C)C1C(=O)O. The number of urea groups is 1. The van der Waals surface area contributed by atoms with Crippen molar-refractivity contribution in [2.45, 2.75) is 26.3 Å². The Hall–Kier alpha value is -1.79. The van der Waals surface area contributed by atoms with Crippen LogP contribution >= 0.6 is 0 Å². The fourth-order valence-electron chi connectivity index (χ4n) is 2.22. The molecule has 0 radical (unpaired) electrons. The van der Waals surface area contributed by atoms with Gasteiger partial charge in [0.25, 0.3) is 0 Å². The molecule has 0 aromatic rings. The number of aliphatic carboxylic acids is 1. The monoisotopic (exact) mass is 257 g/mol. The minimum absolute atomic E-state index is 0.0845. The van der Waals surface area contributed by atoms with Crippen molar-refractivity contribution in [3.8, 4) is 0 Å². The van der Waals surface area contributed by atoms with Gasteiger partial charge in [0.15, 0.2) is 0 Å². The highest BCUT2D eigenvalue weighted by Crippen LogP contribution is 2.25. The Morgan fingerprint density at radius 2 is 2.06 bits per heavy atom. The number of likely N-dealkylation sites (tertiary alicyclic amines) is 1. The molecule has 0 aromatic carbocycles. The number of likely N-dealkylation sites (N-methyl/N-ethyl adjacent to an activating group) is 1. The summed E-state index contributed by atoms with van der Waals surface area (Å²) in [6, 6.07) is -1.26. The Morgan fingerprint density at radius 3 is 2.50 bits per heavy atom. The molecular weight excluding hydrogens is 238 g/mol. The Kier molecular flexibility index (Phi) is 4.52. The third-order valence-electron chi connectivity index (χ3n) is 3.20. The van der Waals surface area contributed by atoms with Gasteiger partial charge in [-0.15, -0.1) is 0 Å². The quantitative estimate of drug-likeness (QED) is 0.722. The topological polar surface area (TPSA) is 104 Å². The number of hydrogen-bond acceptors (Lipinski definition) is 3. The summed E-state index contributed by atoms with van der Waals surface area (Å²) in [5.41, 5.74) is 5.06. The average Bonchev–Trinajstić information content (AvgIpc) is 2.66. The molecule has 1 rings (SSSR count). The van der Waals surface area contributed by atoms with Crippen molar-refractivity contribution in [1.29, 1.82) is 0 Å². The van der Waals surface area contributed by atoms with Crippen LogP contribution in [0.3, 0.4) is 0 Å². The van der Waals surface area contributed by atoms with E-state index in [4.69, 9.17) is 10.8 Å². The second-order valence-corrected chi connectivity index (χ2v) is 4.51. The lowest BCUT2D eigenvalue weighted by Gasteiger charge is -2.29. The molecule has 1 heterocycles. The van der Waals surface area contributed by atoms with Crippen molar-refractivity contribution < 1.29 is 19.5 Å². The van der Waals surface area contributed by atoms with Gasteiger partial charge < -0.3 is 20.6 Å². The van der Waals surface area contributed by atoms with Crippen molar-refractivity contribution in [2.24, 2.45) is 11.7 Å². The summed E-state index contributed by atoms with van der Waals surface area (Å²) in [6.45, 7) is 4.05. The zero-order valence-electron chi connectivity index (χ0n) is 10.6. The number of amides is 3. The zero-order chi connectivity index (χ0) is 13.9. The van der Waals surface area contributed by atoms with Gasteiger partial charge in [0.1, 0.15) is 12.6 Å². The lowest BCUT2D eigenvalue weighted by molar-refractivity contribution is -0.142. The highest BCUT2D eigenvalue weighted by molar-refractivity contribution is 5.86. The van der Waals surface area contributed by atoms with E-state index in [9.17, 15) is 14.4 Å². The zero-order valence-corrected chi connectivity index (χ0v) is 10.6. The number of nitrogens with two attached hydrogens (primary N) is 1. The van der Waals surface area contributed by atoms with Gasteiger partial charge in [-0.25, -0.2) is 9.59 Å². The molecular formula is C11H19N3O4. The van der Waals surface area contributed by atoms with E-state index < -0.39 is 23.9 Å². The molecule has 0 saturated carbocycles. The van der Waals surface area contributed by atoms with Crippen LogP contribution in [0.25, 0.3) is 0 Å². The molecule has 0 spiro atoms. The summed E-state index contributed by atoms with van der Waals surface area (Å²) in [7, 11) is 0. The first-order valence-electron chi connectivity index (χ1n) is 5.95. The molecule has 1 saturated heterocycles. The van der Waals surface area contributed by atoms with Gasteiger partial charge in [0.05, 0.1) is 0 Å². The molecule has 102 valence electrons. The fourth-order valence-corrected chi connectivity index (χ4v) is 2.22. The summed E-state index contributed by atoms with van der Waals surface area (Å²) in [5.74, 6) is -1.70. The van der Waals surface area contributed by atoms with Crippen LogP contribution in [0, 0.1) is 5.92 Å². The van der Waals surface area contributed by atoms with Crippen molar-refractivity contribution in [3.63, 3.8) is 0 Å². The van der Waals surface area contributed by atoms with Crippen LogP contribution in [0.1, 0.15) is 20.3 Å². The lowest BCUT2D eigenvalue weighted by atomic mass is 10.0. The molecule has 2 unspecified atom stereocenters. The normalized spacial score (nSPS) is 22.9. The standard InChI is InChI=1S/C11H19N3O4/c1-3-13(6-8(12)15)11(18)14-5-4-7(2)9(14)10(16)17/h7,9H,3-6H2,1-2H3,(H2,12,15)(H,16,17). The first-order chi connectivity index (χ1) is 8.38. The molecule has 1 fully saturated rings. The van der Waals surface area contributed by atoms with Crippen LogP contribution in [-0.2, 0) is 9.59 Å². The highest BCUT2D eigenvalue weighted by Gasteiger charge is 2.40. The minimum atomic E-state index is -1.01. The molecule has 0 bridgehead atoms. The smallest absolute Gasteiger partial charge is 0.326 e. The number of carbonyl (C=O) groups is 3. The van der Waals surface area contributed by atoms with E-state index in [-0.39, 0.29) is 12.5 Å². The second-order valence-electron chi connectivity index (χ2n) is 4.51. The van der Waals surface area contributed by atoms with Crippen molar-refractivity contribution in [1.82, 2.24) is 9.80 Å². The molecule has 1 aliphatic heterocycles. The van der Waals surface area contributed by atoms with Gasteiger partial charge in [0, 0.05) is 13.1 Å². The minimum Gasteiger partial charge on any atom is -0.480 e. The molecule has 3 amide bonds. The number of carboxylic acid groups (broad SMARTS) is 1. The van der Waals surface area contributed by atoms with Gasteiger partial charge in [0.2, 0.25) is 5.91 Å². The third-order valence-corrected chi connectivity index (χ3v) is 3.20. The van der Waals surface area contributed by atoms with E-state index in [2.05, 4.69) is 0 Å². The first kappa shape index (κ1) is 14.3. The molecule has 3 N–H and O–H groups in total. The van der Waals surface area contributed by atoms with Crippen molar-refractivity contribution in [3.05, 3.63) is 0 Å². The van der Waals surface area contributed by atoms with E-state index in [0.717, 1.165) is 0 Å². The number of rotatable bonds is 4. The first-order valence-corrected chi connectivity index (χ1v) is 5.95. The molecule has 2 atom stereocenters. The van der Waals surface area contributed by atoms with Gasteiger partial charge in [-0.1, -0.05) is 6.92 Å². The van der Waals surface area contributed by atoms with Gasteiger partial charge in [-0.05, 0) is 19.3 Å². The van der Waals surface area contributed by atoms with E-state index in [1.807, 2.05) is 0 Å². The maximum absolute atomic E-state index is 12.2. The molecule has 7 nitrogen and oxygen atoms in total. The summed E-state index contributed by atoms with van der Waals surface area (Å²) >= 11 is 0. The summed E-state index contributed by atoms with van der Waals surface area (Å²) in [6.07, 6.45) is 0.650. The van der Waals surface area contributed by atoms with Crippen LogP contribution in [-0.4, -0.2) is 58.5 Å². The Bertz CT molecular complexity index is 358. The summed E-state index contributed by atoms with van der Waals surface area (Å²) in [5, 5.41) is 9.14. The van der Waals surface area contributed by atoms with Crippen LogP contribution in [0.5, 0.6) is 0 Å². The average molecular weight is 257 g/mol. The lowest BCUT2D eigenvalue weighted by Crippen LogP contribution is -2.51. The molecule has 1 aliphatic rings. The highest BCUT2D eigenvalue weighted by atomic mass is 16.4. The summed E-state index contributed by atoms with van der Waals surface area (Å²) < 4.78 is 0. The Morgan fingerprint density at radius 1 is 1.44 bits per heavy atom. The van der Waals surface area contributed by atoms with Crippen LogP contribution in [0.15, 0.2) is 0 Å². The number of nitrogens with zero attached hydrogens (tertiary/aromatic N) is 2. The van der Waals surface area contributed by atoms with E-state index in [1.54, 1.807) is 13.8 Å². The largest absolute Gasteiger partial charge is 0.480 e. The molecule has 18 heavy (non-hydrogen) atoms. The van der Waals surface area contributed by atoms with Crippen molar-refractivity contribution >= 4 is 17.9 Å². The number of hydrogen-bond donors (Lipinski definition) is 2. The predicted octanol–water partition coefficient (Wildman–Crippen LogP) is -0.291. The van der Waals surface area contributed by atoms with Crippen molar-refractivity contribution in [2.75, 3.05) is 19.6 Å². The molecule has 0 aromatic heterocycles. The van der Waals surface area contributed by atoms with Crippen LogP contribution in [0.2, 0.25) is 0 Å². The van der Waals surface area contributed by atoms with E-state index >= 15 is 0 Å². The Labute approximate surface area is 106 Å². The number of carboxylic acids is 1. The maximum Gasteiger partial charge on any atom is 0.326 e. The van der Waals surface area contributed by atoms with Gasteiger partial charge in [-0.3, -0.25) is 4.79 Å². The predicted molar refractivity (Wildman–Crippen MR) is 63.7 cm³/mol. The van der Waals surface area contributed by atoms with Gasteiger partial charge in [-0.2, -0.15) is 0 Å². The van der Waals surface area contributed by atoms with Gasteiger partial charge >= 0.3 is 12.0 Å². The summed E-state index contributed by atoms with van der Waals surface area (Å²) in [4.78, 5) is 36.7. The molecule has 7 heteroatoms. The van der Waals surface area contributed by atoms with E-state index in [1.165, 1.54) is 9.80 Å². The number of carbonyl (C=O) groups excluding carboxylic acids is 2. The Balaban J connectivity index is 2.81. The van der Waals surface area contributed by atoms with E-state index in [0.29, 0.717) is 19.5 Å². The third kappa shape index (κ3) is 2.91. The molecule has 0 aliphatic carbocycles. The maximum atomic E-state index is 12.2. The fraction of sp³-hybridized carbons (Fsp3) is 0.727. The van der Waals surface area contributed by atoms with Crippen LogP contribution < -0.4 is 5.73 Å². The number of primary amides is 1. The van der Waals surface area contributed by atoms with Crippen LogP contribution in [0.4, 0.5) is 4.79 Å². The second kappa shape index (κ2) is 5.70.